The van der Waals surface area contributed by atoms with Gasteiger partial charge in [-0.1, -0.05) is 6.07 Å². The van der Waals surface area contributed by atoms with E-state index in [-0.39, 0.29) is 6.61 Å². The molecule has 3 heteroatoms. The largest absolute Gasteiger partial charge is 0.495 e. The molecule has 16 heavy (non-hydrogen) atoms. The van der Waals surface area contributed by atoms with Crippen LogP contribution in [0.1, 0.15) is 24.0 Å². The van der Waals surface area contributed by atoms with Crippen LogP contribution < -0.4 is 10.1 Å². The van der Waals surface area contributed by atoms with E-state index in [1.54, 1.807) is 7.11 Å². The van der Waals surface area contributed by atoms with Crippen molar-refractivity contribution in [3.8, 4) is 5.75 Å². The lowest BCUT2D eigenvalue weighted by Crippen LogP contribution is -2.05. The second-order valence-electron chi connectivity index (χ2n) is 4.02. The Morgan fingerprint density at radius 3 is 2.62 bits per heavy atom. The van der Waals surface area contributed by atoms with Crippen LogP contribution >= 0.6 is 0 Å². The first-order valence-corrected chi connectivity index (χ1v) is 5.69. The van der Waals surface area contributed by atoms with Gasteiger partial charge < -0.3 is 15.2 Å². The third kappa shape index (κ3) is 3.42. The zero-order valence-corrected chi connectivity index (χ0v) is 10.3. The van der Waals surface area contributed by atoms with E-state index < -0.39 is 0 Å². The Bertz CT molecular complexity index is 337. The van der Waals surface area contributed by atoms with Crippen molar-refractivity contribution in [3.05, 3.63) is 23.3 Å². The predicted molar refractivity (Wildman–Crippen MR) is 67.3 cm³/mol. The number of unbranched alkanes of at least 4 members (excludes halogenated alkanes) is 1. The summed E-state index contributed by atoms with van der Waals surface area (Å²) in [5.74, 6) is 0.890. The van der Waals surface area contributed by atoms with Crippen LogP contribution in [0.25, 0.3) is 0 Å². The number of hydrogen-bond acceptors (Lipinski definition) is 3. The van der Waals surface area contributed by atoms with Gasteiger partial charge in [0.25, 0.3) is 0 Å². The molecule has 0 fully saturated rings. The van der Waals surface area contributed by atoms with Crippen molar-refractivity contribution in [2.24, 2.45) is 0 Å². The highest BCUT2D eigenvalue weighted by molar-refractivity contribution is 5.63. The molecule has 0 amide bonds. The third-order valence-corrected chi connectivity index (χ3v) is 2.55. The zero-order chi connectivity index (χ0) is 12.0. The fourth-order valence-electron chi connectivity index (χ4n) is 1.77. The van der Waals surface area contributed by atoms with Crippen LogP contribution in [0.5, 0.6) is 5.75 Å². The van der Waals surface area contributed by atoms with Crippen molar-refractivity contribution in [2.75, 3.05) is 25.6 Å². The predicted octanol–water partition coefficient (Wildman–Crippen LogP) is 2.50. The van der Waals surface area contributed by atoms with Gasteiger partial charge in [-0.2, -0.15) is 0 Å². The summed E-state index contributed by atoms with van der Waals surface area (Å²) in [6.45, 7) is 5.25. The molecule has 0 aliphatic carbocycles. The van der Waals surface area contributed by atoms with Crippen LogP contribution in [0.15, 0.2) is 12.1 Å². The molecule has 0 bridgehead atoms. The monoisotopic (exact) mass is 223 g/mol. The van der Waals surface area contributed by atoms with Gasteiger partial charge in [0.1, 0.15) is 5.75 Å². The van der Waals surface area contributed by atoms with Gasteiger partial charge in [-0.05, 0) is 43.9 Å². The molecule has 0 saturated heterocycles. The van der Waals surface area contributed by atoms with Crippen molar-refractivity contribution in [2.45, 2.75) is 26.7 Å². The van der Waals surface area contributed by atoms with Crippen LogP contribution in [0.4, 0.5) is 5.69 Å². The van der Waals surface area contributed by atoms with Crippen molar-refractivity contribution in [1.29, 1.82) is 0 Å². The Morgan fingerprint density at radius 1 is 1.25 bits per heavy atom. The summed E-state index contributed by atoms with van der Waals surface area (Å²) >= 11 is 0. The quantitative estimate of drug-likeness (QED) is 0.728. The van der Waals surface area contributed by atoms with Gasteiger partial charge in [-0.25, -0.2) is 0 Å². The van der Waals surface area contributed by atoms with Gasteiger partial charge >= 0.3 is 0 Å². The molecule has 0 aliphatic rings. The van der Waals surface area contributed by atoms with E-state index in [0.717, 1.165) is 30.8 Å². The summed E-state index contributed by atoms with van der Waals surface area (Å²) in [6.07, 6.45) is 1.80. The fraction of sp³-hybridized carbons (Fsp3) is 0.538. The maximum absolute atomic E-state index is 8.70. The topological polar surface area (TPSA) is 41.5 Å². The number of aliphatic hydroxyl groups excluding tert-OH is 1. The Kier molecular flexibility index (Phi) is 5.12. The summed E-state index contributed by atoms with van der Waals surface area (Å²) in [7, 11) is 1.69. The Balaban J connectivity index is 2.70. The molecule has 90 valence electrons. The number of methoxy groups -OCH3 is 1. The van der Waals surface area contributed by atoms with Gasteiger partial charge in [0, 0.05) is 13.2 Å². The van der Waals surface area contributed by atoms with Gasteiger partial charge in [0.15, 0.2) is 0 Å². The van der Waals surface area contributed by atoms with E-state index in [1.165, 1.54) is 11.1 Å². The lowest BCUT2D eigenvalue weighted by atomic mass is 10.1. The molecule has 0 aliphatic heterocycles. The summed E-state index contributed by atoms with van der Waals surface area (Å²) in [5.41, 5.74) is 3.46. The standard InChI is InChI=1S/C13H21NO2/c1-10-8-11(2)13(12(9-10)16-3)14-6-4-5-7-15/h8-9,14-15H,4-7H2,1-3H3. The zero-order valence-electron chi connectivity index (χ0n) is 10.3. The molecule has 3 nitrogen and oxygen atoms in total. The second-order valence-corrected chi connectivity index (χ2v) is 4.02. The SMILES string of the molecule is COc1cc(C)cc(C)c1NCCCCO. The van der Waals surface area contributed by atoms with Crippen molar-refractivity contribution in [1.82, 2.24) is 0 Å². The van der Waals surface area contributed by atoms with Crippen LogP contribution in [-0.2, 0) is 0 Å². The molecule has 2 N–H and O–H groups in total. The minimum atomic E-state index is 0.256. The molecule has 0 radical (unpaired) electrons. The lowest BCUT2D eigenvalue weighted by molar-refractivity contribution is 0.286. The first-order chi connectivity index (χ1) is 7.69. The highest BCUT2D eigenvalue weighted by Crippen LogP contribution is 2.29. The Labute approximate surface area is 97.4 Å². The number of rotatable bonds is 6. The fourth-order valence-corrected chi connectivity index (χ4v) is 1.77. The first kappa shape index (κ1) is 12.8. The van der Waals surface area contributed by atoms with E-state index in [0.29, 0.717) is 0 Å². The molecule has 0 aromatic heterocycles. The molecule has 1 rings (SSSR count). The number of aliphatic hydroxyl groups is 1. The number of benzene rings is 1. The molecule has 0 saturated carbocycles. The second kappa shape index (κ2) is 6.38. The normalized spacial score (nSPS) is 10.2. The number of aryl methyl sites for hydroxylation is 2. The number of nitrogens with one attached hydrogen (secondary N) is 1. The Morgan fingerprint density at radius 2 is 2.00 bits per heavy atom. The molecule has 0 spiro atoms. The van der Waals surface area contributed by atoms with Gasteiger partial charge in [0.05, 0.1) is 12.8 Å². The molecular weight excluding hydrogens is 202 g/mol. The van der Waals surface area contributed by atoms with E-state index in [4.69, 9.17) is 9.84 Å². The Hall–Kier alpha value is -1.22. The smallest absolute Gasteiger partial charge is 0.142 e. The minimum absolute atomic E-state index is 0.256. The number of hydrogen-bond donors (Lipinski definition) is 2. The van der Waals surface area contributed by atoms with Crippen molar-refractivity contribution in [3.63, 3.8) is 0 Å². The van der Waals surface area contributed by atoms with Gasteiger partial charge in [-0.3, -0.25) is 0 Å². The lowest BCUT2D eigenvalue weighted by Gasteiger charge is -2.14. The molecule has 0 heterocycles. The minimum Gasteiger partial charge on any atom is -0.495 e. The summed E-state index contributed by atoms with van der Waals surface area (Å²) in [5, 5.41) is 12.1. The van der Waals surface area contributed by atoms with Crippen LogP contribution in [0.3, 0.4) is 0 Å². The molecular formula is C13H21NO2. The molecule has 1 aromatic carbocycles. The summed E-state index contributed by atoms with van der Waals surface area (Å²) in [4.78, 5) is 0. The number of ether oxygens (including phenoxy) is 1. The number of anilines is 1. The van der Waals surface area contributed by atoms with Crippen LogP contribution in [0.2, 0.25) is 0 Å². The van der Waals surface area contributed by atoms with Crippen molar-refractivity contribution < 1.29 is 9.84 Å². The van der Waals surface area contributed by atoms with E-state index in [9.17, 15) is 0 Å². The maximum Gasteiger partial charge on any atom is 0.142 e. The molecule has 0 unspecified atom stereocenters. The highest BCUT2D eigenvalue weighted by atomic mass is 16.5. The highest BCUT2D eigenvalue weighted by Gasteiger charge is 2.06. The third-order valence-electron chi connectivity index (χ3n) is 2.55. The average molecular weight is 223 g/mol. The van der Waals surface area contributed by atoms with Gasteiger partial charge in [-0.15, -0.1) is 0 Å². The maximum atomic E-state index is 8.70. The van der Waals surface area contributed by atoms with Gasteiger partial charge in [0.2, 0.25) is 0 Å². The van der Waals surface area contributed by atoms with Crippen LogP contribution in [0, 0.1) is 13.8 Å². The average Bonchev–Trinajstić information content (AvgIpc) is 2.26. The first-order valence-electron chi connectivity index (χ1n) is 5.69. The van der Waals surface area contributed by atoms with E-state index in [2.05, 4.69) is 25.2 Å². The van der Waals surface area contributed by atoms with Crippen LogP contribution in [-0.4, -0.2) is 25.4 Å². The molecule has 0 atom stereocenters. The van der Waals surface area contributed by atoms with Crippen molar-refractivity contribution >= 4 is 5.69 Å². The summed E-state index contributed by atoms with van der Waals surface area (Å²) in [6, 6.07) is 4.16. The molecule has 1 aromatic rings. The van der Waals surface area contributed by atoms with E-state index >= 15 is 0 Å². The summed E-state index contributed by atoms with van der Waals surface area (Å²) < 4.78 is 5.35. The van der Waals surface area contributed by atoms with E-state index in [1.807, 2.05) is 6.07 Å².